The van der Waals surface area contributed by atoms with Gasteiger partial charge in [-0.2, -0.15) is 0 Å². The monoisotopic (exact) mass is 317 g/mol. The van der Waals surface area contributed by atoms with Crippen molar-refractivity contribution < 1.29 is 4.79 Å². The number of carbonyl (C=O) groups excluding carboxylic acids is 1. The molecule has 2 heterocycles. The lowest BCUT2D eigenvalue weighted by molar-refractivity contribution is -0.129. The van der Waals surface area contributed by atoms with Crippen molar-refractivity contribution in [2.75, 3.05) is 13.1 Å². The second-order valence-electron chi connectivity index (χ2n) is 5.57. The number of rotatable bonds is 3. The second kappa shape index (κ2) is 6.12. The van der Waals surface area contributed by atoms with Gasteiger partial charge < -0.3 is 4.90 Å². The fourth-order valence-electron chi connectivity index (χ4n) is 2.71. The van der Waals surface area contributed by atoms with Gasteiger partial charge >= 0.3 is 0 Å². The van der Waals surface area contributed by atoms with Crippen LogP contribution in [0.3, 0.4) is 0 Å². The maximum Gasteiger partial charge on any atom is 0.261 e. The van der Waals surface area contributed by atoms with Crippen molar-refractivity contribution in [1.82, 2.24) is 14.5 Å². The van der Waals surface area contributed by atoms with Gasteiger partial charge in [-0.05, 0) is 31.9 Å². The molecule has 6 heteroatoms. The summed E-state index contributed by atoms with van der Waals surface area (Å²) in [4.78, 5) is 31.2. The average molecular weight is 317 g/mol. The van der Waals surface area contributed by atoms with E-state index in [-0.39, 0.29) is 16.7 Å². The van der Waals surface area contributed by atoms with E-state index in [1.807, 2.05) is 30.0 Å². The number of aromatic nitrogens is 2. The molecular weight excluding hydrogens is 298 g/mol. The molecular formula is C16H19N3O2S. The van der Waals surface area contributed by atoms with Gasteiger partial charge in [-0.15, -0.1) is 0 Å². The van der Waals surface area contributed by atoms with Crippen LogP contribution in [0.4, 0.5) is 0 Å². The van der Waals surface area contributed by atoms with E-state index in [4.69, 9.17) is 0 Å². The number of hydrogen-bond acceptors (Lipinski definition) is 4. The Kier molecular flexibility index (Phi) is 4.20. The third kappa shape index (κ3) is 2.75. The smallest absolute Gasteiger partial charge is 0.261 e. The van der Waals surface area contributed by atoms with E-state index in [9.17, 15) is 9.59 Å². The van der Waals surface area contributed by atoms with Crippen molar-refractivity contribution in [3.8, 4) is 0 Å². The van der Waals surface area contributed by atoms with Gasteiger partial charge in [0.2, 0.25) is 5.91 Å². The largest absolute Gasteiger partial charge is 0.342 e. The van der Waals surface area contributed by atoms with Gasteiger partial charge in [-0.1, -0.05) is 23.9 Å². The molecule has 1 atom stereocenters. The van der Waals surface area contributed by atoms with Gasteiger partial charge in [0.1, 0.15) is 0 Å². The van der Waals surface area contributed by atoms with Crippen LogP contribution in [0.1, 0.15) is 19.8 Å². The molecule has 0 bridgehead atoms. The Morgan fingerprint density at radius 2 is 1.95 bits per heavy atom. The van der Waals surface area contributed by atoms with Gasteiger partial charge in [0.05, 0.1) is 16.2 Å². The zero-order chi connectivity index (χ0) is 15.7. The molecule has 1 saturated heterocycles. The molecule has 1 aromatic heterocycles. The summed E-state index contributed by atoms with van der Waals surface area (Å²) < 4.78 is 1.53. The highest BCUT2D eigenvalue weighted by molar-refractivity contribution is 8.00. The number of fused-ring (bicyclic) bond motifs is 1. The predicted molar refractivity (Wildman–Crippen MR) is 88.1 cm³/mol. The first-order valence-electron chi connectivity index (χ1n) is 7.49. The van der Waals surface area contributed by atoms with Crippen LogP contribution in [0, 0.1) is 0 Å². The topological polar surface area (TPSA) is 55.2 Å². The number of nitrogens with zero attached hydrogens (tertiary/aromatic N) is 3. The van der Waals surface area contributed by atoms with Crippen LogP contribution in [0.5, 0.6) is 0 Å². The minimum atomic E-state index is -0.239. The highest BCUT2D eigenvalue weighted by Gasteiger charge is 2.25. The van der Waals surface area contributed by atoms with E-state index < -0.39 is 0 Å². The van der Waals surface area contributed by atoms with Crippen LogP contribution < -0.4 is 5.56 Å². The van der Waals surface area contributed by atoms with Gasteiger partial charge in [0, 0.05) is 20.1 Å². The SMILES string of the molecule is CC(Sc1nc2ccccc2c(=O)n1C)C(=O)N1CCCC1. The molecule has 3 rings (SSSR count). The molecule has 116 valence electrons. The van der Waals surface area contributed by atoms with E-state index in [0.717, 1.165) is 25.9 Å². The van der Waals surface area contributed by atoms with Crippen LogP contribution in [0.25, 0.3) is 10.9 Å². The fourth-order valence-corrected chi connectivity index (χ4v) is 3.66. The first-order valence-corrected chi connectivity index (χ1v) is 8.37. The van der Waals surface area contributed by atoms with Crippen LogP contribution in [0.2, 0.25) is 0 Å². The lowest BCUT2D eigenvalue weighted by Gasteiger charge is -2.20. The molecule has 1 aromatic carbocycles. The Bertz CT molecular complexity index is 766. The van der Waals surface area contributed by atoms with E-state index in [0.29, 0.717) is 16.1 Å². The molecule has 0 aliphatic carbocycles. The molecule has 5 nitrogen and oxygen atoms in total. The summed E-state index contributed by atoms with van der Waals surface area (Å²) in [5, 5.41) is 0.953. The van der Waals surface area contributed by atoms with Gasteiger partial charge in [-0.25, -0.2) is 4.98 Å². The summed E-state index contributed by atoms with van der Waals surface area (Å²) in [6.45, 7) is 3.56. The number of hydrogen-bond donors (Lipinski definition) is 0. The number of para-hydroxylation sites is 1. The molecule has 2 aromatic rings. The quantitative estimate of drug-likeness (QED) is 0.642. The maximum atomic E-state index is 12.4. The lowest BCUT2D eigenvalue weighted by Crippen LogP contribution is -2.34. The number of thioether (sulfide) groups is 1. The Labute approximate surface area is 133 Å². The summed E-state index contributed by atoms with van der Waals surface area (Å²) in [6, 6.07) is 7.30. The first kappa shape index (κ1) is 15.1. The first-order chi connectivity index (χ1) is 10.6. The van der Waals surface area contributed by atoms with Crippen LogP contribution >= 0.6 is 11.8 Å². The van der Waals surface area contributed by atoms with Crippen molar-refractivity contribution in [2.24, 2.45) is 7.05 Å². The molecule has 1 amide bonds. The van der Waals surface area contributed by atoms with Crippen LogP contribution in [-0.2, 0) is 11.8 Å². The van der Waals surface area contributed by atoms with Crippen molar-refractivity contribution >= 4 is 28.6 Å². The van der Waals surface area contributed by atoms with E-state index in [2.05, 4.69) is 4.98 Å². The predicted octanol–water partition coefficient (Wildman–Crippen LogP) is 2.04. The molecule has 0 N–H and O–H groups in total. The van der Waals surface area contributed by atoms with E-state index in [1.54, 1.807) is 13.1 Å². The normalized spacial score (nSPS) is 16.2. The molecule has 0 spiro atoms. The maximum absolute atomic E-state index is 12.4. The Morgan fingerprint density at radius 3 is 2.68 bits per heavy atom. The summed E-state index contributed by atoms with van der Waals surface area (Å²) >= 11 is 1.35. The number of carbonyl (C=O) groups is 1. The zero-order valence-corrected chi connectivity index (χ0v) is 13.6. The van der Waals surface area contributed by atoms with E-state index >= 15 is 0 Å². The van der Waals surface area contributed by atoms with E-state index in [1.165, 1.54) is 16.3 Å². The highest BCUT2D eigenvalue weighted by Crippen LogP contribution is 2.24. The Hall–Kier alpha value is -1.82. The molecule has 0 radical (unpaired) electrons. The molecule has 22 heavy (non-hydrogen) atoms. The fraction of sp³-hybridized carbons (Fsp3) is 0.438. The van der Waals surface area contributed by atoms with Gasteiger partial charge in [0.15, 0.2) is 5.16 Å². The lowest BCUT2D eigenvalue weighted by atomic mass is 10.2. The minimum Gasteiger partial charge on any atom is -0.342 e. The van der Waals surface area contributed by atoms with Crippen molar-refractivity contribution in [1.29, 1.82) is 0 Å². The third-order valence-corrected chi connectivity index (χ3v) is 5.12. The average Bonchev–Trinajstić information content (AvgIpc) is 3.06. The van der Waals surface area contributed by atoms with Gasteiger partial charge in [0.25, 0.3) is 5.56 Å². The molecule has 1 unspecified atom stereocenters. The van der Waals surface area contributed by atoms with Crippen LogP contribution in [-0.4, -0.2) is 38.7 Å². The summed E-state index contributed by atoms with van der Waals surface area (Å²) in [7, 11) is 1.71. The van der Waals surface area contributed by atoms with Crippen LogP contribution in [0.15, 0.2) is 34.2 Å². The molecule has 1 aliphatic heterocycles. The summed E-state index contributed by atoms with van der Waals surface area (Å²) in [6.07, 6.45) is 2.16. The minimum absolute atomic E-state index is 0.0751. The summed E-state index contributed by atoms with van der Waals surface area (Å²) in [5.74, 6) is 0.130. The van der Waals surface area contributed by atoms with Crippen molar-refractivity contribution in [3.05, 3.63) is 34.6 Å². The second-order valence-corrected chi connectivity index (χ2v) is 6.88. The molecule has 0 saturated carbocycles. The third-order valence-electron chi connectivity index (χ3n) is 3.99. The number of amides is 1. The highest BCUT2D eigenvalue weighted by atomic mass is 32.2. The standard InChI is InChI=1S/C16H19N3O2S/c1-11(14(20)19-9-5-6-10-19)22-16-17-13-8-4-3-7-12(13)15(21)18(16)2/h3-4,7-8,11H,5-6,9-10H2,1-2H3. The number of benzene rings is 1. The van der Waals surface area contributed by atoms with Gasteiger partial charge in [-0.3, -0.25) is 14.2 Å². The van der Waals surface area contributed by atoms with Crippen molar-refractivity contribution in [2.45, 2.75) is 30.2 Å². The number of likely N-dealkylation sites (tertiary alicyclic amines) is 1. The summed E-state index contributed by atoms with van der Waals surface area (Å²) in [5.41, 5.74) is 0.600. The Morgan fingerprint density at radius 1 is 1.27 bits per heavy atom. The van der Waals surface area contributed by atoms with Crippen molar-refractivity contribution in [3.63, 3.8) is 0 Å². The molecule has 1 fully saturated rings. The zero-order valence-electron chi connectivity index (χ0n) is 12.8. The Balaban J connectivity index is 1.88. The molecule has 1 aliphatic rings.